The van der Waals surface area contributed by atoms with Crippen molar-refractivity contribution in [1.82, 2.24) is 9.78 Å². The van der Waals surface area contributed by atoms with Crippen LogP contribution in [0.2, 0.25) is 0 Å². The zero-order valence-corrected chi connectivity index (χ0v) is 15.6. The van der Waals surface area contributed by atoms with Crippen molar-refractivity contribution >= 4 is 11.6 Å². The van der Waals surface area contributed by atoms with Crippen molar-refractivity contribution in [3.05, 3.63) is 71.3 Å². The average molecular weight is 367 g/mol. The fourth-order valence-electron chi connectivity index (χ4n) is 2.69. The molecule has 1 aromatic heterocycles. The third-order valence-electron chi connectivity index (χ3n) is 4.08. The Balaban J connectivity index is 1.91. The highest BCUT2D eigenvalue weighted by atomic mass is 19.1. The topological polar surface area (TPSA) is 56.2 Å². The summed E-state index contributed by atoms with van der Waals surface area (Å²) in [5.41, 5.74) is 3.65. The van der Waals surface area contributed by atoms with Crippen molar-refractivity contribution in [2.24, 2.45) is 0 Å². The van der Waals surface area contributed by atoms with E-state index in [1.54, 1.807) is 18.3 Å². The molecule has 0 fully saturated rings. The monoisotopic (exact) mass is 367 g/mol. The zero-order chi connectivity index (χ0) is 19.4. The first-order valence-electron chi connectivity index (χ1n) is 8.85. The maximum absolute atomic E-state index is 13.2. The summed E-state index contributed by atoms with van der Waals surface area (Å²) in [5, 5.41) is 7.25. The number of nitrogens with zero attached hydrogens (tertiary/aromatic N) is 2. The first-order chi connectivity index (χ1) is 13.0. The molecule has 2 aromatic carbocycles. The Bertz CT molecular complexity index is 949. The van der Waals surface area contributed by atoms with Crippen LogP contribution in [0.4, 0.5) is 10.1 Å². The molecule has 0 bridgehead atoms. The summed E-state index contributed by atoms with van der Waals surface area (Å²) in [6.07, 6.45) is 2.44. The average Bonchev–Trinajstić information content (AvgIpc) is 3.07. The molecular formula is C21H22FN3O2. The van der Waals surface area contributed by atoms with Crippen molar-refractivity contribution in [3.8, 4) is 11.4 Å². The van der Waals surface area contributed by atoms with Gasteiger partial charge in [-0.3, -0.25) is 4.79 Å². The predicted octanol–water partition coefficient (Wildman–Crippen LogP) is 4.67. The number of amides is 1. The summed E-state index contributed by atoms with van der Waals surface area (Å²) < 4.78 is 20.4. The van der Waals surface area contributed by atoms with E-state index in [9.17, 15) is 9.18 Å². The minimum atomic E-state index is -0.353. The third-order valence-corrected chi connectivity index (χ3v) is 4.08. The van der Waals surface area contributed by atoms with Crippen LogP contribution >= 0.6 is 0 Å². The number of rotatable bonds is 6. The minimum Gasteiger partial charge on any atom is -0.489 e. The van der Waals surface area contributed by atoms with Gasteiger partial charge in [0.15, 0.2) is 11.4 Å². The van der Waals surface area contributed by atoms with Crippen molar-refractivity contribution in [1.29, 1.82) is 0 Å². The van der Waals surface area contributed by atoms with Gasteiger partial charge in [-0.1, -0.05) is 24.6 Å². The molecule has 3 rings (SSSR count). The van der Waals surface area contributed by atoms with Crippen LogP contribution in [0.3, 0.4) is 0 Å². The van der Waals surface area contributed by atoms with E-state index < -0.39 is 0 Å². The van der Waals surface area contributed by atoms with E-state index in [1.165, 1.54) is 16.8 Å². The highest BCUT2D eigenvalue weighted by Gasteiger charge is 2.20. The molecule has 0 saturated carbocycles. The van der Waals surface area contributed by atoms with Crippen LogP contribution in [0.5, 0.6) is 5.75 Å². The van der Waals surface area contributed by atoms with E-state index >= 15 is 0 Å². The molecule has 0 aliphatic carbocycles. The number of halogens is 1. The quantitative estimate of drug-likeness (QED) is 0.689. The van der Waals surface area contributed by atoms with Gasteiger partial charge in [0.2, 0.25) is 0 Å². The summed E-state index contributed by atoms with van der Waals surface area (Å²) in [6, 6.07) is 11.7. The molecule has 0 spiro atoms. The van der Waals surface area contributed by atoms with Crippen molar-refractivity contribution in [2.45, 2.75) is 27.2 Å². The fraction of sp³-hybridized carbons (Fsp3) is 0.238. The molecule has 0 atom stereocenters. The first-order valence-corrected chi connectivity index (χ1v) is 8.85. The Morgan fingerprint density at radius 1 is 1.19 bits per heavy atom. The number of benzene rings is 2. The van der Waals surface area contributed by atoms with Gasteiger partial charge in [0.25, 0.3) is 5.91 Å². The smallest absolute Gasteiger partial charge is 0.280 e. The Kier molecular flexibility index (Phi) is 5.54. The maximum Gasteiger partial charge on any atom is 0.280 e. The summed E-state index contributed by atoms with van der Waals surface area (Å²) >= 11 is 0. The molecule has 0 aliphatic heterocycles. The van der Waals surface area contributed by atoms with E-state index in [-0.39, 0.29) is 17.4 Å². The lowest BCUT2D eigenvalue weighted by Gasteiger charge is -2.09. The molecule has 6 heteroatoms. The Hall–Kier alpha value is -3.15. The van der Waals surface area contributed by atoms with Gasteiger partial charge in [0.05, 0.1) is 18.5 Å². The zero-order valence-electron chi connectivity index (χ0n) is 15.6. The summed E-state index contributed by atoms with van der Waals surface area (Å²) in [7, 11) is 0. The van der Waals surface area contributed by atoms with Gasteiger partial charge in [-0.05, 0) is 56.2 Å². The lowest BCUT2D eigenvalue weighted by molar-refractivity contribution is 0.101. The van der Waals surface area contributed by atoms with Crippen LogP contribution in [0.15, 0.2) is 48.7 Å². The van der Waals surface area contributed by atoms with E-state index in [1.807, 2.05) is 39.0 Å². The van der Waals surface area contributed by atoms with Gasteiger partial charge in [-0.15, -0.1) is 0 Å². The van der Waals surface area contributed by atoms with Crippen LogP contribution in [-0.4, -0.2) is 22.3 Å². The molecule has 1 amide bonds. The molecule has 27 heavy (non-hydrogen) atoms. The number of carbonyl (C=O) groups excluding carboxylic acids is 1. The standard InChI is InChI=1S/C21H22FN3O2/c1-4-11-27-19-13-25(17-8-6-16(22)7-9-17)24-20(19)21(26)23-18-10-5-14(2)12-15(18)3/h5-10,12-13H,4,11H2,1-3H3,(H,23,26). The van der Waals surface area contributed by atoms with E-state index in [4.69, 9.17) is 4.74 Å². The molecule has 0 aliphatic rings. The molecule has 3 aromatic rings. The molecule has 1 heterocycles. The Morgan fingerprint density at radius 2 is 1.93 bits per heavy atom. The van der Waals surface area contributed by atoms with Crippen LogP contribution < -0.4 is 10.1 Å². The van der Waals surface area contributed by atoms with Crippen molar-refractivity contribution in [2.75, 3.05) is 11.9 Å². The van der Waals surface area contributed by atoms with Gasteiger partial charge in [0, 0.05) is 5.69 Å². The van der Waals surface area contributed by atoms with Crippen LogP contribution in [0.25, 0.3) is 5.69 Å². The summed E-state index contributed by atoms with van der Waals surface area (Å²) in [6.45, 7) is 6.40. The molecular weight excluding hydrogens is 345 g/mol. The summed E-state index contributed by atoms with van der Waals surface area (Å²) in [4.78, 5) is 12.8. The van der Waals surface area contributed by atoms with Crippen LogP contribution in [0, 0.1) is 19.7 Å². The van der Waals surface area contributed by atoms with Crippen LogP contribution in [0.1, 0.15) is 35.0 Å². The van der Waals surface area contributed by atoms with Gasteiger partial charge in [-0.2, -0.15) is 5.10 Å². The van der Waals surface area contributed by atoms with Gasteiger partial charge in [0.1, 0.15) is 5.82 Å². The predicted molar refractivity (Wildman–Crippen MR) is 103 cm³/mol. The SMILES string of the molecule is CCCOc1cn(-c2ccc(F)cc2)nc1C(=O)Nc1ccc(C)cc1C. The highest BCUT2D eigenvalue weighted by Crippen LogP contribution is 2.23. The second kappa shape index (κ2) is 8.03. The Labute approximate surface area is 157 Å². The lowest BCUT2D eigenvalue weighted by atomic mass is 10.1. The number of ether oxygens (including phenoxy) is 1. The van der Waals surface area contributed by atoms with Crippen LogP contribution in [-0.2, 0) is 0 Å². The molecule has 1 N–H and O–H groups in total. The number of nitrogens with one attached hydrogen (secondary N) is 1. The normalized spacial score (nSPS) is 10.7. The second-order valence-corrected chi connectivity index (χ2v) is 6.38. The number of anilines is 1. The number of aryl methyl sites for hydroxylation is 2. The van der Waals surface area contributed by atoms with E-state index in [0.29, 0.717) is 18.0 Å². The highest BCUT2D eigenvalue weighted by molar-refractivity contribution is 6.05. The van der Waals surface area contributed by atoms with Gasteiger partial charge >= 0.3 is 0 Å². The Morgan fingerprint density at radius 3 is 2.59 bits per heavy atom. The second-order valence-electron chi connectivity index (χ2n) is 6.38. The number of aromatic nitrogens is 2. The third kappa shape index (κ3) is 4.34. The molecule has 5 nitrogen and oxygen atoms in total. The number of hydrogen-bond donors (Lipinski definition) is 1. The largest absolute Gasteiger partial charge is 0.489 e. The molecule has 0 unspecified atom stereocenters. The van der Waals surface area contributed by atoms with Crippen molar-refractivity contribution in [3.63, 3.8) is 0 Å². The number of hydrogen-bond acceptors (Lipinski definition) is 3. The fourth-order valence-corrected chi connectivity index (χ4v) is 2.69. The number of carbonyl (C=O) groups is 1. The van der Waals surface area contributed by atoms with Gasteiger partial charge in [-0.25, -0.2) is 9.07 Å². The molecule has 0 saturated heterocycles. The lowest BCUT2D eigenvalue weighted by Crippen LogP contribution is -2.15. The maximum atomic E-state index is 13.2. The van der Waals surface area contributed by atoms with Crippen molar-refractivity contribution < 1.29 is 13.9 Å². The van der Waals surface area contributed by atoms with Gasteiger partial charge < -0.3 is 10.1 Å². The van der Waals surface area contributed by atoms with E-state index in [2.05, 4.69) is 10.4 Å². The van der Waals surface area contributed by atoms with E-state index in [0.717, 1.165) is 23.2 Å². The first kappa shape index (κ1) is 18.6. The molecule has 0 radical (unpaired) electrons. The summed E-state index contributed by atoms with van der Waals surface area (Å²) in [5.74, 6) is -0.293. The minimum absolute atomic E-state index is 0.188. The molecule has 140 valence electrons.